The first-order valence-corrected chi connectivity index (χ1v) is 11.0. The molecule has 6 heteroatoms. The molecule has 32 heavy (non-hydrogen) atoms. The SMILES string of the molecule is CC(C)c1ccc(N2C(=O)C(=O)/C(=C(\O)c3ccc(Cl)c(Cl)c3)C2c2ccccc2)cc1. The van der Waals surface area contributed by atoms with Crippen LogP contribution in [0.15, 0.2) is 78.4 Å². The number of hydrogen-bond acceptors (Lipinski definition) is 3. The fourth-order valence-corrected chi connectivity index (χ4v) is 4.17. The minimum absolute atomic E-state index is 0.00697. The van der Waals surface area contributed by atoms with Crippen LogP contribution in [0.25, 0.3) is 5.76 Å². The van der Waals surface area contributed by atoms with E-state index in [-0.39, 0.29) is 16.4 Å². The van der Waals surface area contributed by atoms with Crippen molar-refractivity contribution in [2.75, 3.05) is 4.90 Å². The molecule has 4 rings (SSSR count). The zero-order valence-electron chi connectivity index (χ0n) is 17.5. The van der Waals surface area contributed by atoms with Crippen molar-refractivity contribution < 1.29 is 14.7 Å². The fraction of sp³-hybridized carbons (Fsp3) is 0.154. The number of halogens is 2. The maximum atomic E-state index is 13.2. The van der Waals surface area contributed by atoms with E-state index in [2.05, 4.69) is 13.8 Å². The highest BCUT2D eigenvalue weighted by Crippen LogP contribution is 2.42. The molecule has 3 aromatic rings. The number of benzene rings is 3. The van der Waals surface area contributed by atoms with Crippen LogP contribution in [-0.4, -0.2) is 16.8 Å². The second-order valence-electron chi connectivity index (χ2n) is 7.95. The van der Waals surface area contributed by atoms with Gasteiger partial charge in [-0.15, -0.1) is 0 Å². The topological polar surface area (TPSA) is 57.6 Å². The Morgan fingerprint density at radius 2 is 1.56 bits per heavy atom. The monoisotopic (exact) mass is 465 g/mol. The first-order chi connectivity index (χ1) is 15.3. The highest BCUT2D eigenvalue weighted by atomic mass is 35.5. The molecule has 1 fully saturated rings. The predicted molar refractivity (Wildman–Crippen MR) is 128 cm³/mol. The van der Waals surface area contributed by atoms with Crippen LogP contribution in [0, 0.1) is 0 Å². The summed E-state index contributed by atoms with van der Waals surface area (Å²) in [6, 6.07) is 20.5. The molecule has 1 atom stereocenters. The van der Waals surface area contributed by atoms with Crippen molar-refractivity contribution in [2.45, 2.75) is 25.8 Å². The molecule has 0 aliphatic carbocycles. The molecular formula is C26H21Cl2NO3. The van der Waals surface area contributed by atoms with E-state index in [1.54, 1.807) is 6.07 Å². The van der Waals surface area contributed by atoms with Gasteiger partial charge < -0.3 is 5.11 Å². The summed E-state index contributed by atoms with van der Waals surface area (Å²) in [5.74, 6) is -1.41. The van der Waals surface area contributed by atoms with Gasteiger partial charge >= 0.3 is 0 Å². The maximum Gasteiger partial charge on any atom is 0.300 e. The van der Waals surface area contributed by atoms with E-state index in [4.69, 9.17) is 23.2 Å². The van der Waals surface area contributed by atoms with Crippen molar-refractivity contribution in [1.29, 1.82) is 0 Å². The van der Waals surface area contributed by atoms with Crippen molar-refractivity contribution in [3.05, 3.63) is 105 Å². The Balaban J connectivity index is 1.90. The lowest BCUT2D eigenvalue weighted by molar-refractivity contribution is -0.132. The third-order valence-corrected chi connectivity index (χ3v) is 6.33. The first-order valence-electron chi connectivity index (χ1n) is 10.2. The van der Waals surface area contributed by atoms with Gasteiger partial charge in [-0.1, -0.05) is 79.5 Å². The number of aliphatic hydroxyl groups excluding tert-OH is 1. The Labute approximate surface area is 196 Å². The van der Waals surface area contributed by atoms with Gasteiger partial charge in [-0.25, -0.2) is 0 Å². The van der Waals surface area contributed by atoms with Crippen LogP contribution >= 0.6 is 23.2 Å². The Bertz CT molecular complexity index is 1220. The zero-order valence-corrected chi connectivity index (χ0v) is 19.1. The van der Waals surface area contributed by atoms with E-state index in [1.807, 2.05) is 54.6 Å². The molecule has 0 bridgehead atoms. The van der Waals surface area contributed by atoms with E-state index < -0.39 is 17.7 Å². The van der Waals surface area contributed by atoms with E-state index in [0.29, 0.717) is 27.8 Å². The summed E-state index contributed by atoms with van der Waals surface area (Å²) in [7, 11) is 0. The molecule has 3 aromatic carbocycles. The first kappa shape index (κ1) is 22.1. The quantitative estimate of drug-likeness (QED) is 0.263. The lowest BCUT2D eigenvalue weighted by atomic mass is 9.95. The molecule has 162 valence electrons. The number of hydrogen-bond donors (Lipinski definition) is 1. The van der Waals surface area contributed by atoms with Crippen LogP contribution < -0.4 is 4.90 Å². The van der Waals surface area contributed by atoms with Gasteiger partial charge in [0.25, 0.3) is 11.7 Å². The maximum absolute atomic E-state index is 13.2. The van der Waals surface area contributed by atoms with Crippen molar-refractivity contribution in [3.63, 3.8) is 0 Å². The van der Waals surface area contributed by atoms with Crippen LogP contribution in [-0.2, 0) is 9.59 Å². The molecule has 0 spiro atoms. The number of aliphatic hydroxyl groups is 1. The molecule has 1 saturated heterocycles. The van der Waals surface area contributed by atoms with Gasteiger partial charge in [-0.05, 0) is 47.4 Å². The molecule has 1 unspecified atom stereocenters. The third-order valence-electron chi connectivity index (χ3n) is 5.59. The number of ketones is 1. The summed E-state index contributed by atoms with van der Waals surface area (Å²) in [5.41, 5.74) is 2.73. The molecule has 4 nitrogen and oxygen atoms in total. The number of amides is 1. The zero-order chi connectivity index (χ0) is 23.0. The van der Waals surface area contributed by atoms with Crippen LogP contribution in [0.1, 0.15) is 42.5 Å². The normalized spacial score (nSPS) is 17.9. The standard InChI is InChI=1S/C26H21Cl2NO3/c1-15(2)16-8-11-19(12-9-16)29-23(17-6-4-3-5-7-17)22(25(31)26(29)32)24(30)18-10-13-20(27)21(28)14-18/h3-15,23,30H,1-2H3/b24-22-. The summed E-state index contributed by atoms with van der Waals surface area (Å²) >= 11 is 12.1. The summed E-state index contributed by atoms with van der Waals surface area (Å²) < 4.78 is 0. The third kappa shape index (κ3) is 3.92. The van der Waals surface area contributed by atoms with Crippen LogP contribution in [0.4, 0.5) is 5.69 Å². The highest BCUT2D eigenvalue weighted by Gasteiger charge is 2.46. The van der Waals surface area contributed by atoms with Crippen LogP contribution in [0.3, 0.4) is 0 Å². The number of anilines is 1. The molecule has 0 aromatic heterocycles. The van der Waals surface area contributed by atoms with E-state index in [9.17, 15) is 14.7 Å². The number of rotatable bonds is 4. The molecule has 1 heterocycles. The minimum Gasteiger partial charge on any atom is -0.507 e. The molecule has 1 aliphatic heterocycles. The molecule has 1 aliphatic rings. The average molecular weight is 466 g/mol. The number of carbonyl (C=O) groups is 2. The molecule has 0 radical (unpaired) electrons. The van der Waals surface area contributed by atoms with Gasteiger partial charge in [0, 0.05) is 11.3 Å². The summed E-state index contributed by atoms with van der Waals surface area (Å²) in [6.45, 7) is 4.17. The van der Waals surface area contributed by atoms with Gasteiger partial charge in [0.1, 0.15) is 5.76 Å². The summed E-state index contributed by atoms with van der Waals surface area (Å²) in [4.78, 5) is 27.7. The fourth-order valence-electron chi connectivity index (χ4n) is 3.87. The van der Waals surface area contributed by atoms with Gasteiger partial charge in [0.2, 0.25) is 0 Å². The van der Waals surface area contributed by atoms with Crippen LogP contribution in [0.2, 0.25) is 10.0 Å². The molecule has 0 saturated carbocycles. The van der Waals surface area contributed by atoms with Gasteiger partial charge in [-0.2, -0.15) is 0 Å². The minimum atomic E-state index is -0.782. The van der Waals surface area contributed by atoms with Crippen molar-refractivity contribution >= 4 is 46.3 Å². The predicted octanol–water partition coefficient (Wildman–Crippen LogP) is 6.74. The van der Waals surface area contributed by atoms with Crippen molar-refractivity contribution in [1.82, 2.24) is 0 Å². The van der Waals surface area contributed by atoms with Gasteiger partial charge in [-0.3, -0.25) is 14.5 Å². The Morgan fingerprint density at radius 3 is 2.16 bits per heavy atom. The number of Topliss-reactive ketones (excluding diaryl/α,β-unsaturated/α-hetero) is 1. The Kier molecular flexibility index (Phi) is 6.09. The summed E-state index contributed by atoms with van der Waals surface area (Å²) in [5, 5.41) is 11.7. The second kappa shape index (κ2) is 8.81. The van der Waals surface area contributed by atoms with Crippen LogP contribution in [0.5, 0.6) is 0 Å². The average Bonchev–Trinajstić information content (AvgIpc) is 3.06. The van der Waals surface area contributed by atoms with Gasteiger partial charge in [0.05, 0.1) is 21.7 Å². The Hall–Kier alpha value is -3.08. The lowest BCUT2D eigenvalue weighted by Crippen LogP contribution is -2.29. The largest absolute Gasteiger partial charge is 0.507 e. The number of nitrogens with zero attached hydrogens (tertiary/aromatic N) is 1. The van der Waals surface area contributed by atoms with Gasteiger partial charge in [0.15, 0.2) is 0 Å². The highest BCUT2D eigenvalue weighted by molar-refractivity contribution is 6.51. The van der Waals surface area contributed by atoms with Crippen molar-refractivity contribution in [2.24, 2.45) is 0 Å². The second-order valence-corrected chi connectivity index (χ2v) is 8.77. The van der Waals surface area contributed by atoms with E-state index in [1.165, 1.54) is 17.0 Å². The smallest absolute Gasteiger partial charge is 0.300 e. The van der Waals surface area contributed by atoms with Crippen molar-refractivity contribution in [3.8, 4) is 0 Å². The Morgan fingerprint density at radius 1 is 0.906 bits per heavy atom. The molecule has 1 N–H and O–H groups in total. The number of carbonyl (C=O) groups excluding carboxylic acids is 2. The lowest BCUT2D eigenvalue weighted by Gasteiger charge is -2.25. The molecule has 1 amide bonds. The molecular weight excluding hydrogens is 445 g/mol. The summed E-state index contributed by atoms with van der Waals surface area (Å²) in [6.07, 6.45) is 0. The van der Waals surface area contributed by atoms with E-state index >= 15 is 0 Å². The van der Waals surface area contributed by atoms with E-state index in [0.717, 1.165) is 5.56 Å².